The Hall–Kier alpha value is -4.05. The number of H-pyrrole nitrogens is 1. The molecule has 0 spiro atoms. The van der Waals surface area contributed by atoms with Crippen molar-refractivity contribution in [2.75, 3.05) is 0 Å². The molecule has 0 saturated carbocycles. The Morgan fingerprint density at radius 2 is 1.35 bits per heavy atom. The predicted octanol–water partition coefficient (Wildman–Crippen LogP) is 7.12. The van der Waals surface area contributed by atoms with E-state index in [0.29, 0.717) is 33.6 Å². The number of nitrogens with zero attached hydrogens (tertiary/aromatic N) is 1. The fraction of sp³-hybridized carbons (Fsp3) is 0. The van der Waals surface area contributed by atoms with Gasteiger partial charge in [0.15, 0.2) is 0 Å². The molecule has 0 atom stereocenters. The highest BCUT2D eigenvalue weighted by Crippen LogP contribution is 2.32. The molecule has 0 unspecified atom stereocenters. The van der Waals surface area contributed by atoms with Crippen LogP contribution in [0.5, 0.6) is 0 Å². The van der Waals surface area contributed by atoms with E-state index in [1.807, 2.05) is 30.3 Å². The second-order valence-electron chi connectivity index (χ2n) is 7.39. The number of pyridine rings is 1. The molecule has 2 nitrogen and oxygen atoms in total. The molecule has 4 heteroatoms. The van der Waals surface area contributed by atoms with Crippen LogP contribution in [0.3, 0.4) is 0 Å². The highest BCUT2D eigenvalue weighted by molar-refractivity contribution is 6.07. The molecule has 1 N–H and O–H groups in total. The van der Waals surface area contributed by atoms with Gasteiger partial charge in [-0.15, -0.1) is 0 Å². The number of rotatable bonds is 4. The van der Waals surface area contributed by atoms with Crippen molar-refractivity contribution in [1.82, 2.24) is 9.97 Å². The van der Waals surface area contributed by atoms with Crippen molar-refractivity contribution >= 4 is 33.1 Å². The fourth-order valence-electron chi connectivity index (χ4n) is 3.84. The molecule has 0 aliphatic heterocycles. The number of hydrogen-bond acceptors (Lipinski definition) is 1. The third-order valence-corrected chi connectivity index (χ3v) is 5.51. The zero-order valence-electron chi connectivity index (χ0n) is 16.6. The molecule has 5 rings (SSSR count). The van der Waals surface area contributed by atoms with Crippen LogP contribution in [0.2, 0.25) is 0 Å². The Morgan fingerprint density at radius 3 is 2.03 bits per heavy atom. The van der Waals surface area contributed by atoms with E-state index in [-0.39, 0.29) is 11.6 Å². The molecule has 0 radical (unpaired) electrons. The maximum atomic E-state index is 14.2. The smallest absolute Gasteiger partial charge is 0.139 e. The van der Waals surface area contributed by atoms with E-state index < -0.39 is 0 Å². The van der Waals surface area contributed by atoms with Gasteiger partial charge in [-0.25, -0.2) is 13.8 Å². The van der Waals surface area contributed by atoms with Gasteiger partial charge in [0, 0.05) is 33.0 Å². The Kier molecular flexibility index (Phi) is 4.48. The third kappa shape index (κ3) is 3.22. The summed E-state index contributed by atoms with van der Waals surface area (Å²) in [5, 5.41) is 1.88. The summed E-state index contributed by atoms with van der Waals surface area (Å²) in [5.74, 6) is -0.633. The van der Waals surface area contributed by atoms with Gasteiger partial charge in [-0.3, -0.25) is 0 Å². The monoisotopic (exact) mass is 408 g/mol. The first-order valence-electron chi connectivity index (χ1n) is 9.84. The molecule has 31 heavy (non-hydrogen) atoms. The molecule has 0 bridgehead atoms. The molecule has 150 valence electrons. The van der Waals surface area contributed by atoms with E-state index in [1.54, 1.807) is 36.4 Å². The number of halogens is 2. The lowest BCUT2D eigenvalue weighted by atomic mass is 9.97. The molecule has 0 aliphatic rings. The SMILES string of the molecule is C=C(c1ccc2[nH]c3nc(C(=C)c4ccccc4F)ccc3c2c1)c1ccccc1F. The summed E-state index contributed by atoms with van der Waals surface area (Å²) < 4.78 is 28.4. The number of aromatic amines is 1. The molecule has 2 aromatic heterocycles. The number of aromatic nitrogens is 2. The lowest BCUT2D eigenvalue weighted by molar-refractivity contribution is 0.624. The standard InChI is InChI=1S/C27H18F2N2/c1-16(19-7-3-5-9-23(19)28)18-11-13-26-22(15-18)21-12-14-25(30-27(21)31-26)17(2)20-8-4-6-10-24(20)29/h3-15H,1-2H2,(H,30,31). The molecule has 0 amide bonds. The predicted molar refractivity (Wildman–Crippen MR) is 123 cm³/mol. The zero-order valence-corrected chi connectivity index (χ0v) is 16.6. The van der Waals surface area contributed by atoms with E-state index in [2.05, 4.69) is 23.1 Å². The first-order valence-corrected chi connectivity index (χ1v) is 9.84. The Bertz CT molecular complexity index is 1490. The summed E-state index contributed by atoms with van der Waals surface area (Å²) in [6.45, 7) is 8.13. The van der Waals surface area contributed by atoms with Crippen molar-refractivity contribution in [3.8, 4) is 0 Å². The molecule has 0 fully saturated rings. The Balaban J connectivity index is 1.58. The maximum Gasteiger partial charge on any atom is 0.139 e. The molecule has 0 saturated heterocycles. The van der Waals surface area contributed by atoms with Crippen molar-refractivity contribution in [3.63, 3.8) is 0 Å². The van der Waals surface area contributed by atoms with Gasteiger partial charge in [-0.2, -0.15) is 0 Å². The van der Waals surface area contributed by atoms with Gasteiger partial charge in [-0.05, 0) is 47.5 Å². The minimum atomic E-state index is -0.331. The van der Waals surface area contributed by atoms with E-state index >= 15 is 0 Å². The number of fused-ring (bicyclic) bond motifs is 3. The van der Waals surface area contributed by atoms with Crippen molar-refractivity contribution in [3.05, 3.63) is 126 Å². The van der Waals surface area contributed by atoms with Gasteiger partial charge in [0.05, 0.1) is 5.69 Å². The highest BCUT2D eigenvalue weighted by Gasteiger charge is 2.14. The van der Waals surface area contributed by atoms with E-state index in [0.717, 1.165) is 21.9 Å². The normalized spacial score (nSPS) is 11.2. The van der Waals surface area contributed by atoms with Crippen LogP contribution in [0.25, 0.3) is 33.1 Å². The summed E-state index contributed by atoms with van der Waals surface area (Å²) in [6.07, 6.45) is 0. The second kappa shape index (κ2) is 7.33. The van der Waals surface area contributed by atoms with Crippen LogP contribution in [0.15, 0.2) is 92.0 Å². The largest absolute Gasteiger partial charge is 0.339 e. The molecule has 2 heterocycles. The van der Waals surface area contributed by atoms with Crippen LogP contribution in [0.4, 0.5) is 8.78 Å². The topological polar surface area (TPSA) is 28.7 Å². The summed E-state index contributed by atoms with van der Waals surface area (Å²) in [4.78, 5) is 7.98. The van der Waals surface area contributed by atoms with E-state index in [1.165, 1.54) is 12.1 Å². The number of nitrogens with one attached hydrogen (secondary N) is 1. The van der Waals surface area contributed by atoms with Gasteiger partial charge in [0.2, 0.25) is 0 Å². The second-order valence-corrected chi connectivity index (χ2v) is 7.39. The zero-order chi connectivity index (χ0) is 21.5. The van der Waals surface area contributed by atoms with Gasteiger partial charge < -0.3 is 4.98 Å². The van der Waals surface area contributed by atoms with Crippen molar-refractivity contribution in [2.45, 2.75) is 0 Å². The molecule has 0 aliphatic carbocycles. The first-order chi connectivity index (χ1) is 15.0. The van der Waals surface area contributed by atoms with Crippen LogP contribution < -0.4 is 0 Å². The van der Waals surface area contributed by atoms with Crippen molar-refractivity contribution in [2.24, 2.45) is 0 Å². The number of benzene rings is 3. The molecule has 3 aromatic carbocycles. The molecule has 5 aromatic rings. The summed E-state index contributed by atoms with van der Waals surface area (Å²) in [6, 6.07) is 22.7. The maximum absolute atomic E-state index is 14.2. The summed E-state index contributed by atoms with van der Waals surface area (Å²) in [7, 11) is 0. The van der Waals surface area contributed by atoms with E-state index in [9.17, 15) is 8.78 Å². The quantitative estimate of drug-likeness (QED) is 0.337. The Labute approximate surface area is 178 Å². The minimum Gasteiger partial charge on any atom is -0.339 e. The summed E-state index contributed by atoms with van der Waals surface area (Å²) in [5.41, 5.74) is 5.05. The van der Waals surface area contributed by atoms with Crippen molar-refractivity contribution < 1.29 is 8.78 Å². The van der Waals surface area contributed by atoms with E-state index in [4.69, 9.17) is 0 Å². The average molecular weight is 408 g/mol. The fourth-order valence-corrected chi connectivity index (χ4v) is 3.84. The highest BCUT2D eigenvalue weighted by atomic mass is 19.1. The molecular weight excluding hydrogens is 390 g/mol. The van der Waals surface area contributed by atoms with Gasteiger partial charge in [-0.1, -0.05) is 55.6 Å². The minimum absolute atomic E-state index is 0.301. The van der Waals surface area contributed by atoms with Crippen LogP contribution in [0.1, 0.15) is 22.4 Å². The lowest BCUT2D eigenvalue weighted by Gasteiger charge is -2.08. The summed E-state index contributed by atoms with van der Waals surface area (Å²) >= 11 is 0. The van der Waals surface area contributed by atoms with Crippen LogP contribution in [0, 0.1) is 11.6 Å². The third-order valence-electron chi connectivity index (χ3n) is 5.51. The average Bonchev–Trinajstić information content (AvgIpc) is 3.16. The van der Waals surface area contributed by atoms with Crippen LogP contribution >= 0.6 is 0 Å². The van der Waals surface area contributed by atoms with Gasteiger partial charge in [0.1, 0.15) is 17.3 Å². The van der Waals surface area contributed by atoms with Gasteiger partial charge in [0.25, 0.3) is 0 Å². The number of hydrogen-bond donors (Lipinski definition) is 1. The van der Waals surface area contributed by atoms with Crippen LogP contribution in [-0.2, 0) is 0 Å². The van der Waals surface area contributed by atoms with Crippen molar-refractivity contribution in [1.29, 1.82) is 0 Å². The molecular formula is C27H18F2N2. The first kappa shape index (κ1) is 18.9. The Morgan fingerprint density at radius 1 is 0.710 bits per heavy atom. The lowest BCUT2D eigenvalue weighted by Crippen LogP contribution is -1.93. The van der Waals surface area contributed by atoms with Gasteiger partial charge >= 0.3 is 0 Å². The van der Waals surface area contributed by atoms with Crippen LogP contribution in [-0.4, -0.2) is 9.97 Å².